The highest BCUT2D eigenvalue weighted by molar-refractivity contribution is 6.18. The largest absolute Gasteiger partial charge is 0.399 e. The van der Waals surface area contributed by atoms with E-state index in [1.807, 2.05) is 42.1 Å². The van der Waals surface area contributed by atoms with Crippen molar-refractivity contribution in [1.82, 2.24) is 4.57 Å². The van der Waals surface area contributed by atoms with Gasteiger partial charge in [-0.2, -0.15) is 0 Å². The van der Waals surface area contributed by atoms with Crippen molar-refractivity contribution >= 4 is 28.1 Å². The van der Waals surface area contributed by atoms with Crippen molar-refractivity contribution in [2.75, 3.05) is 11.5 Å². The molecule has 0 bridgehead atoms. The van der Waals surface area contributed by atoms with Crippen LogP contribution >= 0.6 is 0 Å². The number of benzene rings is 2. The number of nitrogen functional groups attached to an aromatic ring is 2. The predicted octanol–water partition coefficient (Wildman–Crippen LogP) is 2.57. The highest BCUT2D eigenvalue weighted by atomic mass is 16.1. The standard InChI is InChI=1S/C16H15N3O/c1-19-9-13(11-4-2-3-5-15(11)19)16(20)12-7-6-10(17)8-14(12)18/h2-9H,17-18H2,1H3. The fraction of sp³-hybridized carbons (Fsp3) is 0.0625. The van der Waals surface area contributed by atoms with E-state index in [1.165, 1.54) is 0 Å². The number of anilines is 2. The second-order valence-corrected chi connectivity index (χ2v) is 4.85. The van der Waals surface area contributed by atoms with Gasteiger partial charge in [0, 0.05) is 46.6 Å². The summed E-state index contributed by atoms with van der Waals surface area (Å²) in [6.45, 7) is 0. The Bertz CT molecular complexity index is 818. The van der Waals surface area contributed by atoms with E-state index in [9.17, 15) is 4.79 Å². The summed E-state index contributed by atoms with van der Waals surface area (Å²) in [5, 5.41) is 0.927. The Labute approximate surface area is 116 Å². The maximum absolute atomic E-state index is 12.7. The SMILES string of the molecule is Cn1cc(C(=O)c2ccc(N)cc2N)c2ccccc21. The van der Waals surface area contributed by atoms with Gasteiger partial charge in [0.2, 0.25) is 0 Å². The molecule has 0 unspecified atom stereocenters. The first kappa shape index (κ1) is 12.3. The topological polar surface area (TPSA) is 74.0 Å². The van der Waals surface area contributed by atoms with E-state index in [0.29, 0.717) is 22.5 Å². The number of rotatable bonds is 2. The highest BCUT2D eigenvalue weighted by Gasteiger charge is 2.17. The average Bonchev–Trinajstić information content (AvgIpc) is 2.76. The first-order chi connectivity index (χ1) is 9.58. The molecule has 4 nitrogen and oxygen atoms in total. The number of para-hydroxylation sites is 1. The van der Waals surface area contributed by atoms with Crippen LogP contribution in [0.3, 0.4) is 0 Å². The van der Waals surface area contributed by atoms with Crippen molar-refractivity contribution < 1.29 is 4.79 Å². The minimum atomic E-state index is -0.0840. The number of ketones is 1. The molecular formula is C16H15N3O. The van der Waals surface area contributed by atoms with Crippen molar-refractivity contribution in [3.05, 3.63) is 59.8 Å². The first-order valence-corrected chi connectivity index (χ1v) is 6.31. The normalized spacial score (nSPS) is 10.8. The van der Waals surface area contributed by atoms with Gasteiger partial charge in [0.1, 0.15) is 0 Å². The summed E-state index contributed by atoms with van der Waals surface area (Å²) < 4.78 is 1.94. The van der Waals surface area contributed by atoms with E-state index in [1.54, 1.807) is 18.2 Å². The van der Waals surface area contributed by atoms with Crippen LogP contribution in [0.5, 0.6) is 0 Å². The Balaban J connectivity index is 2.18. The molecule has 4 N–H and O–H groups in total. The molecule has 0 saturated heterocycles. The van der Waals surface area contributed by atoms with Crippen LogP contribution in [0, 0.1) is 0 Å². The molecule has 0 aliphatic carbocycles. The van der Waals surface area contributed by atoms with E-state index in [2.05, 4.69) is 0 Å². The van der Waals surface area contributed by atoms with Gasteiger partial charge in [-0.1, -0.05) is 18.2 Å². The molecule has 4 heteroatoms. The molecule has 1 heterocycles. The third-order valence-corrected chi connectivity index (χ3v) is 3.46. The Kier molecular flexibility index (Phi) is 2.71. The summed E-state index contributed by atoms with van der Waals surface area (Å²) in [5.41, 5.74) is 14.7. The Morgan fingerprint density at radius 3 is 2.55 bits per heavy atom. The third kappa shape index (κ3) is 1.82. The van der Waals surface area contributed by atoms with Crippen molar-refractivity contribution in [2.45, 2.75) is 0 Å². The van der Waals surface area contributed by atoms with Gasteiger partial charge in [0.15, 0.2) is 5.78 Å². The van der Waals surface area contributed by atoms with E-state index >= 15 is 0 Å². The maximum atomic E-state index is 12.7. The van der Waals surface area contributed by atoms with Gasteiger partial charge < -0.3 is 16.0 Å². The van der Waals surface area contributed by atoms with Gasteiger partial charge in [-0.05, 0) is 24.3 Å². The summed E-state index contributed by atoms with van der Waals surface area (Å²) in [4.78, 5) is 12.7. The molecule has 100 valence electrons. The van der Waals surface area contributed by atoms with E-state index in [0.717, 1.165) is 10.9 Å². The average molecular weight is 265 g/mol. The molecule has 0 atom stereocenters. The third-order valence-electron chi connectivity index (χ3n) is 3.46. The number of nitrogens with zero attached hydrogens (tertiary/aromatic N) is 1. The molecule has 20 heavy (non-hydrogen) atoms. The molecule has 0 radical (unpaired) electrons. The monoisotopic (exact) mass is 265 g/mol. The van der Waals surface area contributed by atoms with Gasteiger partial charge in [0.05, 0.1) is 0 Å². The van der Waals surface area contributed by atoms with Crippen LogP contribution in [-0.2, 0) is 7.05 Å². The minimum absolute atomic E-state index is 0.0840. The molecule has 0 aliphatic rings. The predicted molar refractivity (Wildman–Crippen MR) is 81.6 cm³/mol. The molecule has 0 amide bonds. The lowest BCUT2D eigenvalue weighted by Crippen LogP contribution is -2.05. The van der Waals surface area contributed by atoms with E-state index in [-0.39, 0.29) is 5.78 Å². The molecule has 3 rings (SSSR count). The minimum Gasteiger partial charge on any atom is -0.399 e. The number of aryl methyl sites for hydroxylation is 1. The van der Waals surface area contributed by atoms with Crippen LogP contribution in [0.1, 0.15) is 15.9 Å². The molecule has 0 spiro atoms. The lowest BCUT2D eigenvalue weighted by molar-refractivity contribution is 0.104. The van der Waals surface area contributed by atoms with E-state index < -0.39 is 0 Å². The van der Waals surface area contributed by atoms with Gasteiger partial charge in [-0.25, -0.2) is 0 Å². The summed E-state index contributed by atoms with van der Waals surface area (Å²) in [6, 6.07) is 12.8. The number of carbonyl (C=O) groups excluding carboxylic acids is 1. The molecule has 0 fully saturated rings. The van der Waals surface area contributed by atoms with Gasteiger partial charge in [-0.3, -0.25) is 4.79 Å². The molecule has 0 saturated carbocycles. The quantitative estimate of drug-likeness (QED) is 0.552. The first-order valence-electron chi connectivity index (χ1n) is 6.31. The van der Waals surface area contributed by atoms with Crippen molar-refractivity contribution in [3.63, 3.8) is 0 Å². The second kappa shape index (κ2) is 4.42. The smallest absolute Gasteiger partial charge is 0.197 e. The number of aromatic nitrogens is 1. The van der Waals surface area contributed by atoms with Gasteiger partial charge in [-0.15, -0.1) is 0 Å². The number of fused-ring (bicyclic) bond motifs is 1. The van der Waals surface area contributed by atoms with Crippen molar-refractivity contribution in [3.8, 4) is 0 Å². The van der Waals surface area contributed by atoms with Crippen LogP contribution in [0.25, 0.3) is 10.9 Å². The summed E-state index contributed by atoms with van der Waals surface area (Å²) in [7, 11) is 1.92. The van der Waals surface area contributed by atoms with Crippen molar-refractivity contribution in [2.24, 2.45) is 7.05 Å². The zero-order valence-corrected chi connectivity index (χ0v) is 11.1. The molecular weight excluding hydrogens is 250 g/mol. The lowest BCUT2D eigenvalue weighted by atomic mass is 10.0. The lowest BCUT2D eigenvalue weighted by Gasteiger charge is -2.05. The second-order valence-electron chi connectivity index (χ2n) is 4.85. The van der Waals surface area contributed by atoms with Crippen LogP contribution < -0.4 is 11.5 Å². The molecule has 3 aromatic rings. The Hall–Kier alpha value is -2.75. The van der Waals surface area contributed by atoms with E-state index in [4.69, 9.17) is 11.5 Å². The zero-order valence-electron chi connectivity index (χ0n) is 11.1. The Morgan fingerprint density at radius 2 is 1.80 bits per heavy atom. The fourth-order valence-corrected chi connectivity index (χ4v) is 2.46. The number of carbonyl (C=O) groups is 1. The Morgan fingerprint density at radius 1 is 1.05 bits per heavy atom. The van der Waals surface area contributed by atoms with Crippen LogP contribution in [0.15, 0.2) is 48.7 Å². The fourth-order valence-electron chi connectivity index (χ4n) is 2.46. The summed E-state index contributed by atoms with van der Waals surface area (Å²) in [6.07, 6.45) is 1.84. The number of nitrogens with two attached hydrogens (primary N) is 2. The summed E-state index contributed by atoms with van der Waals surface area (Å²) in [5.74, 6) is -0.0840. The highest BCUT2D eigenvalue weighted by Crippen LogP contribution is 2.25. The van der Waals surface area contributed by atoms with Gasteiger partial charge >= 0.3 is 0 Å². The van der Waals surface area contributed by atoms with Crippen LogP contribution in [0.4, 0.5) is 11.4 Å². The molecule has 0 aliphatic heterocycles. The zero-order chi connectivity index (χ0) is 14.3. The molecule has 2 aromatic carbocycles. The van der Waals surface area contributed by atoms with Crippen molar-refractivity contribution in [1.29, 1.82) is 0 Å². The maximum Gasteiger partial charge on any atom is 0.197 e. The summed E-state index contributed by atoms with van der Waals surface area (Å²) >= 11 is 0. The number of hydrogen-bond acceptors (Lipinski definition) is 3. The van der Waals surface area contributed by atoms with Gasteiger partial charge in [0.25, 0.3) is 0 Å². The molecule has 1 aromatic heterocycles. The van der Waals surface area contributed by atoms with Crippen LogP contribution in [-0.4, -0.2) is 10.4 Å². The van der Waals surface area contributed by atoms with Crippen LogP contribution in [0.2, 0.25) is 0 Å². The number of hydrogen-bond donors (Lipinski definition) is 2.